The van der Waals surface area contributed by atoms with E-state index in [4.69, 9.17) is 14.2 Å². The lowest BCUT2D eigenvalue weighted by atomic mass is 10.00. The van der Waals surface area contributed by atoms with Crippen LogP contribution in [0.2, 0.25) is 0 Å². The highest BCUT2D eigenvalue weighted by atomic mass is 16.7. The van der Waals surface area contributed by atoms with Gasteiger partial charge in [-0.05, 0) is 12.1 Å². The van der Waals surface area contributed by atoms with E-state index in [0.717, 1.165) is 6.07 Å². The van der Waals surface area contributed by atoms with Crippen molar-refractivity contribution in [3.63, 3.8) is 0 Å². The van der Waals surface area contributed by atoms with Crippen molar-refractivity contribution in [1.82, 2.24) is 0 Å². The molecule has 4 rings (SSSR count). The molecule has 0 aliphatic carbocycles. The van der Waals surface area contributed by atoms with Crippen LogP contribution in [0.4, 0.5) is 0 Å². The fourth-order valence-electron chi connectivity index (χ4n) is 3.57. The summed E-state index contributed by atoms with van der Waals surface area (Å²) >= 11 is 0. The maximum absolute atomic E-state index is 10.3. The summed E-state index contributed by atoms with van der Waals surface area (Å²) in [6, 6.07) is 5.07. The van der Waals surface area contributed by atoms with E-state index in [2.05, 4.69) is 4.74 Å². The zero-order valence-corrected chi connectivity index (χ0v) is 16.8. The molecule has 2 aromatic carbocycles. The fraction of sp³-hybridized carbons (Fsp3) is 0.333. The average Bonchev–Trinajstić information content (AvgIpc) is 2.75. The lowest BCUT2D eigenvalue weighted by Crippen LogP contribution is -2.53. The first kappa shape index (κ1) is 21.8. The summed E-state index contributed by atoms with van der Waals surface area (Å²) in [7, 11) is 1.30. The minimum atomic E-state index is -1.59. The normalized spacial score (nSPS) is 27.1. The molecule has 2 aliphatic rings. The minimum absolute atomic E-state index is 0.0356. The predicted octanol–water partition coefficient (Wildman–Crippen LogP) is 0.310. The van der Waals surface area contributed by atoms with Gasteiger partial charge >= 0.3 is 0 Å². The molecule has 11 heteroatoms. The number of aliphatic hydroxyl groups excluding tert-OH is 3. The summed E-state index contributed by atoms with van der Waals surface area (Å²) < 4.78 is 20.6. The number of aliphatic hydroxyl groups is 4. The molecule has 32 heavy (non-hydrogen) atoms. The topological polar surface area (TPSA) is 182 Å². The van der Waals surface area contributed by atoms with Crippen LogP contribution >= 0.6 is 0 Å². The zero-order valence-electron chi connectivity index (χ0n) is 16.8. The molecule has 1 fully saturated rings. The highest BCUT2D eigenvalue weighted by molar-refractivity contribution is 5.69. The van der Waals surface area contributed by atoms with Crippen LogP contribution in [0, 0.1) is 0 Å². The molecule has 172 valence electrons. The van der Waals surface area contributed by atoms with Crippen molar-refractivity contribution in [2.45, 2.75) is 30.7 Å². The number of phenols is 4. The van der Waals surface area contributed by atoms with Crippen molar-refractivity contribution in [1.29, 1.82) is 0 Å². The van der Waals surface area contributed by atoms with Crippen molar-refractivity contribution < 1.29 is 54.7 Å². The van der Waals surface area contributed by atoms with Gasteiger partial charge in [0.25, 0.3) is 11.9 Å². The Hall–Kier alpha value is -3.38. The smallest absolute Gasteiger partial charge is 0.270 e. The molecule has 0 aromatic heterocycles. The molecule has 2 heterocycles. The van der Waals surface area contributed by atoms with Crippen LogP contribution in [0.3, 0.4) is 0 Å². The molecule has 8 N–H and O–H groups in total. The molecule has 5 atom stereocenters. The highest BCUT2D eigenvalue weighted by Gasteiger charge is 2.42. The summed E-state index contributed by atoms with van der Waals surface area (Å²) in [5, 5.41) is 70.0. The standard InChI is InChI=1S/C21H22O11/c1-29-15-3-8(2-12(24)17(15)26)20-16(32-21-19(28)18(27)13(25)7-30-21)6-10-11(23)4-9(22)5-14(10)31-20/h2-6,13,18-28H,7H2,1H3/p+1/t13-,18-,19-,20?,21-/m1/s1. The predicted molar refractivity (Wildman–Crippen MR) is 107 cm³/mol. The van der Waals surface area contributed by atoms with Gasteiger partial charge in [-0.3, -0.25) is 0 Å². The molecule has 11 nitrogen and oxygen atoms in total. The maximum Gasteiger partial charge on any atom is 0.270 e. The SMILES string of the molecule is COc1cc(C2[OH+]c3cc(O)cc(O)c3C=C2O[C@H]2OC[C@@H](O)[C@@H](O)[C@H]2O)cc(O)c1O. The van der Waals surface area contributed by atoms with Gasteiger partial charge in [-0.1, -0.05) is 0 Å². The number of methoxy groups -OCH3 is 1. The Labute approximate surface area is 181 Å². The number of ether oxygens (including phenoxy) is 4. The third-order valence-electron chi connectivity index (χ3n) is 5.26. The highest BCUT2D eigenvalue weighted by Crippen LogP contribution is 2.47. The Morgan fingerprint density at radius 2 is 1.72 bits per heavy atom. The van der Waals surface area contributed by atoms with Crippen LogP contribution in [0.25, 0.3) is 6.08 Å². The second kappa shape index (κ2) is 8.28. The van der Waals surface area contributed by atoms with Gasteiger partial charge in [0.2, 0.25) is 12.0 Å². The Morgan fingerprint density at radius 3 is 2.44 bits per heavy atom. The number of fused-ring (bicyclic) bond motifs is 1. The largest absolute Gasteiger partial charge is 0.571 e. The monoisotopic (exact) mass is 451 g/mol. The number of aromatic hydroxyl groups is 5. The lowest BCUT2D eigenvalue weighted by Gasteiger charge is -2.36. The Bertz CT molecular complexity index is 1050. The zero-order chi connectivity index (χ0) is 23.2. The Balaban J connectivity index is 1.77. The summed E-state index contributed by atoms with van der Waals surface area (Å²) in [6.07, 6.45) is -5.33. The first-order chi connectivity index (χ1) is 15.2. The molecular formula is C21H23O11+. The Kier molecular flexibility index (Phi) is 5.65. The lowest BCUT2D eigenvalue weighted by molar-refractivity contribution is -0.263. The van der Waals surface area contributed by atoms with Crippen molar-refractivity contribution in [3.05, 3.63) is 41.2 Å². The van der Waals surface area contributed by atoms with Crippen LogP contribution < -0.4 is 4.74 Å². The van der Waals surface area contributed by atoms with Crippen molar-refractivity contribution >= 4 is 6.08 Å². The molecule has 2 aromatic rings. The first-order valence-corrected chi connectivity index (χ1v) is 9.60. The number of benzene rings is 2. The van der Waals surface area contributed by atoms with Gasteiger partial charge in [0.15, 0.2) is 17.3 Å². The van der Waals surface area contributed by atoms with Gasteiger partial charge in [-0.15, -0.1) is 0 Å². The molecule has 0 spiro atoms. The number of phenolic OH excluding ortho intramolecular Hbond substituents is 4. The molecule has 0 radical (unpaired) electrons. The van der Waals surface area contributed by atoms with Crippen LogP contribution in [0.5, 0.6) is 34.5 Å². The van der Waals surface area contributed by atoms with Gasteiger partial charge in [-0.25, -0.2) is 0 Å². The molecule has 2 aliphatic heterocycles. The molecule has 1 unspecified atom stereocenters. The molecule has 0 saturated carbocycles. The second-order valence-electron chi connectivity index (χ2n) is 7.44. The summed E-state index contributed by atoms with van der Waals surface area (Å²) in [4.78, 5) is 0. The third kappa shape index (κ3) is 3.82. The summed E-state index contributed by atoms with van der Waals surface area (Å²) in [5.41, 5.74) is 0.526. The quantitative estimate of drug-likeness (QED) is 0.252. The fourth-order valence-corrected chi connectivity index (χ4v) is 3.57. The number of hydrogen-bond acceptors (Lipinski definition) is 10. The van der Waals surface area contributed by atoms with E-state index < -0.39 is 42.2 Å². The first-order valence-electron chi connectivity index (χ1n) is 9.60. The third-order valence-corrected chi connectivity index (χ3v) is 5.26. The van der Waals surface area contributed by atoms with Gasteiger partial charge in [0.1, 0.15) is 35.4 Å². The summed E-state index contributed by atoms with van der Waals surface area (Å²) in [5.74, 6) is -1.23. The minimum Gasteiger partial charge on any atom is -0.571 e. The van der Waals surface area contributed by atoms with E-state index >= 15 is 0 Å². The van der Waals surface area contributed by atoms with Crippen molar-refractivity contribution in [3.8, 4) is 34.5 Å². The number of rotatable bonds is 4. The van der Waals surface area contributed by atoms with Crippen LogP contribution in [-0.2, 0) is 9.47 Å². The van der Waals surface area contributed by atoms with Crippen molar-refractivity contribution in [2.24, 2.45) is 0 Å². The Morgan fingerprint density at radius 1 is 0.969 bits per heavy atom. The van der Waals surface area contributed by atoms with Crippen LogP contribution in [0.1, 0.15) is 17.2 Å². The molecule has 0 bridgehead atoms. The van der Waals surface area contributed by atoms with E-state index in [1.165, 1.54) is 31.4 Å². The molecular weight excluding hydrogens is 428 g/mol. The molecule has 1 saturated heterocycles. The average molecular weight is 451 g/mol. The van der Waals surface area contributed by atoms with E-state index in [-0.39, 0.29) is 40.9 Å². The van der Waals surface area contributed by atoms with Gasteiger partial charge in [0, 0.05) is 12.1 Å². The van der Waals surface area contributed by atoms with Gasteiger partial charge in [-0.2, -0.15) is 0 Å². The van der Waals surface area contributed by atoms with Gasteiger partial charge < -0.3 is 54.7 Å². The molecule has 0 amide bonds. The van der Waals surface area contributed by atoms with E-state index in [9.17, 15) is 35.7 Å². The second-order valence-corrected chi connectivity index (χ2v) is 7.44. The van der Waals surface area contributed by atoms with Crippen LogP contribution in [0.15, 0.2) is 30.0 Å². The van der Waals surface area contributed by atoms with Crippen LogP contribution in [-0.4, -0.2) is 78.8 Å². The van der Waals surface area contributed by atoms with Gasteiger partial charge in [0.05, 0.1) is 25.3 Å². The maximum atomic E-state index is 10.3. The summed E-state index contributed by atoms with van der Waals surface area (Å²) in [6.45, 7) is -0.290. The number of hydrogen-bond donors (Lipinski definition) is 7. The van der Waals surface area contributed by atoms with E-state index in [0.29, 0.717) is 5.56 Å². The van der Waals surface area contributed by atoms with E-state index in [1.807, 2.05) is 0 Å². The van der Waals surface area contributed by atoms with E-state index in [1.54, 1.807) is 0 Å². The van der Waals surface area contributed by atoms with Crippen molar-refractivity contribution in [2.75, 3.05) is 13.7 Å².